The molecule has 0 aliphatic rings. The maximum atomic E-state index is 5.22. The summed E-state index contributed by atoms with van der Waals surface area (Å²) < 4.78 is 1.79. The van der Waals surface area contributed by atoms with Crippen molar-refractivity contribution in [3.05, 3.63) is 18.5 Å². The maximum absolute atomic E-state index is 5.22. The molecule has 0 saturated heterocycles. The average molecular weight is 167 g/mol. The summed E-state index contributed by atoms with van der Waals surface area (Å²) in [6, 6.07) is 1.93. The molecule has 0 fully saturated rings. The van der Waals surface area contributed by atoms with E-state index < -0.39 is 0 Å². The number of rotatable bonds is 3. The maximum Gasteiger partial charge on any atom is 0.186 e. The molecule has 4 N–H and O–H groups in total. The van der Waals surface area contributed by atoms with Crippen LogP contribution < -0.4 is 11.5 Å². The third kappa shape index (κ3) is 2.61. The van der Waals surface area contributed by atoms with Gasteiger partial charge in [-0.25, -0.2) is 4.99 Å². The Bertz CT molecular complexity index is 247. The van der Waals surface area contributed by atoms with E-state index in [0.717, 1.165) is 0 Å². The molecule has 0 aliphatic heterocycles. The van der Waals surface area contributed by atoms with Crippen LogP contribution in [0.3, 0.4) is 0 Å². The minimum atomic E-state index is 0.0647. The van der Waals surface area contributed by atoms with Crippen LogP contribution in [-0.2, 0) is 6.54 Å². The summed E-state index contributed by atoms with van der Waals surface area (Å²) in [4.78, 5) is 3.96. The van der Waals surface area contributed by atoms with E-state index in [0.29, 0.717) is 6.54 Å². The fourth-order valence-corrected chi connectivity index (χ4v) is 0.974. The number of aliphatic imine (C=N–C) groups is 1. The van der Waals surface area contributed by atoms with Gasteiger partial charge in [-0.05, 0) is 13.0 Å². The zero-order valence-corrected chi connectivity index (χ0v) is 7.01. The SMILES string of the molecule is CC(Cn1cccn1)N=C(N)N. The molecule has 5 nitrogen and oxygen atoms in total. The van der Waals surface area contributed by atoms with E-state index >= 15 is 0 Å². The van der Waals surface area contributed by atoms with Gasteiger partial charge in [0.1, 0.15) is 0 Å². The van der Waals surface area contributed by atoms with E-state index in [2.05, 4.69) is 10.1 Å². The average Bonchev–Trinajstić information content (AvgIpc) is 2.37. The van der Waals surface area contributed by atoms with Crippen LogP contribution in [-0.4, -0.2) is 21.8 Å². The van der Waals surface area contributed by atoms with E-state index in [1.165, 1.54) is 0 Å². The zero-order chi connectivity index (χ0) is 8.97. The van der Waals surface area contributed by atoms with Gasteiger partial charge in [-0.3, -0.25) is 4.68 Å². The molecule has 0 amide bonds. The van der Waals surface area contributed by atoms with Crippen molar-refractivity contribution in [1.82, 2.24) is 9.78 Å². The molecular formula is C7H13N5. The lowest BCUT2D eigenvalue weighted by Crippen LogP contribution is -2.26. The second-order valence-electron chi connectivity index (χ2n) is 2.63. The van der Waals surface area contributed by atoms with Gasteiger partial charge in [0, 0.05) is 12.4 Å². The Morgan fingerprint density at radius 1 is 1.67 bits per heavy atom. The van der Waals surface area contributed by atoms with Gasteiger partial charge in [0.25, 0.3) is 0 Å². The quantitative estimate of drug-likeness (QED) is 0.472. The first-order valence-corrected chi connectivity index (χ1v) is 3.74. The summed E-state index contributed by atoms with van der Waals surface area (Å²) in [6.45, 7) is 2.63. The van der Waals surface area contributed by atoms with Gasteiger partial charge < -0.3 is 11.5 Å². The molecule has 5 heteroatoms. The van der Waals surface area contributed by atoms with Crippen LogP contribution >= 0.6 is 0 Å². The van der Waals surface area contributed by atoms with Gasteiger partial charge in [-0.15, -0.1) is 0 Å². The molecule has 1 unspecified atom stereocenters. The Morgan fingerprint density at radius 2 is 2.42 bits per heavy atom. The molecule has 1 aromatic heterocycles. The molecule has 0 aliphatic carbocycles. The summed E-state index contributed by atoms with van der Waals surface area (Å²) in [5.41, 5.74) is 10.4. The van der Waals surface area contributed by atoms with E-state index in [9.17, 15) is 0 Å². The summed E-state index contributed by atoms with van der Waals surface area (Å²) >= 11 is 0. The van der Waals surface area contributed by atoms with Gasteiger partial charge >= 0.3 is 0 Å². The fourth-order valence-electron chi connectivity index (χ4n) is 0.974. The molecular weight excluding hydrogens is 154 g/mol. The molecule has 0 bridgehead atoms. The molecule has 66 valence electrons. The van der Waals surface area contributed by atoms with Crippen molar-refractivity contribution < 1.29 is 0 Å². The van der Waals surface area contributed by atoms with Crippen molar-refractivity contribution in [3.8, 4) is 0 Å². The third-order valence-corrected chi connectivity index (χ3v) is 1.38. The van der Waals surface area contributed by atoms with Crippen LogP contribution in [0.4, 0.5) is 0 Å². The van der Waals surface area contributed by atoms with Crippen LogP contribution in [0.5, 0.6) is 0 Å². The lowest BCUT2D eigenvalue weighted by atomic mass is 10.3. The van der Waals surface area contributed by atoms with Crippen molar-refractivity contribution in [2.75, 3.05) is 0 Å². The lowest BCUT2D eigenvalue weighted by molar-refractivity contribution is 0.540. The number of guanidine groups is 1. The minimum absolute atomic E-state index is 0.0647. The Kier molecular flexibility index (Phi) is 2.68. The van der Waals surface area contributed by atoms with Crippen LogP contribution in [0, 0.1) is 0 Å². The van der Waals surface area contributed by atoms with E-state index in [4.69, 9.17) is 11.5 Å². The first-order valence-electron chi connectivity index (χ1n) is 3.74. The number of nitrogens with zero attached hydrogens (tertiary/aromatic N) is 3. The largest absolute Gasteiger partial charge is 0.370 e. The Morgan fingerprint density at radius 3 is 2.92 bits per heavy atom. The van der Waals surface area contributed by atoms with Crippen LogP contribution in [0.1, 0.15) is 6.92 Å². The number of nitrogens with two attached hydrogens (primary N) is 2. The highest BCUT2D eigenvalue weighted by Crippen LogP contribution is 1.93. The third-order valence-electron chi connectivity index (χ3n) is 1.38. The van der Waals surface area contributed by atoms with Crippen molar-refractivity contribution in [2.45, 2.75) is 19.5 Å². The van der Waals surface area contributed by atoms with Crippen LogP contribution in [0.25, 0.3) is 0 Å². The van der Waals surface area contributed by atoms with Crippen molar-refractivity contribution in [3.63, 3.8) is 0 Å². The molecule has 12 heavy (non-hydrogen) atoms. The first-order chi connectivity index (χ1) is 5.68. The van der Waals surface area contributed by atoms with E-state index in [1.807, 2.05) is 19.2 Å². The van der Waals surface area contributed by atoms with Crippen molar-refractivity contribution in [1.29, 1.82) is 0 Å². The van der Waals surface area contributed by atoms with Gasteiger partial charge in [-0.2, -0.15) is 5.10 Å². The van der Waals surface area contributed by atoms with Crippen molar-refractivity contribution in [2.24, 2.45) is 16.5 Å². The highest BCUT2D eigenvalue weighted by molar-refractivity contribution is 5.75. The predicted molar refractivity (Wildman–Crippen MR) is 47.5 cm³/mol. The monoisotopic (exact) mass is 167 g/mol. The van der Waals surface area contributed by atoms with Gasteiger partial charge in [-0.1, -0.05) is 0 Å². The standard InChI is InChI=1S/C7H13N5/c1-6(11-7(8)9)5-12-4-2-3-10-12/h2-4,6H,5H2,1H3,(H4,8,9,11). The minimum Gasteiger partial charge on any atom is -0.370 e. The second kappa shape index (κ2) is 3.75. The van der Waals surface area contributed by atoms with Crippen molar-refractivity contribution >= 4 is 5.96 Å². The lowest BCUT2D eigenvalue weighted by Gasteiger charge is -2.05. The predicted octanol–water partition coefficient (Wildman–Crippen LogP) is -0.455. The Labute approximate surface area is 71.1 Å². The Hall–Kier alpha value is -1.52. The number of hydrogen-bond acceptors (Lipinski definition) is 2. The topological polar surface area (TPSA) is 82.2 Å². The first kappa shape index (κ1) is 8.58. The number of hydrogen-bond donors (Lipinski definition) is 2. The van der Waals surface area contributed by atoms with Gasteiger partial charge in [0.05, 0.1) is 12.6 Å². The number of aromatic nitrogens is 2. The summed E-state index contributed by atoms with van der Waals surface area (Å²) in [5.74, 6) is 0.120. The van der Waals surface area contributed by atoms with Crippen LogP contribution in [0.15, 0.2) is 23.5 Å². The molecule has 1 atom stereocenters. The van der Waals surface area contributed by atoms with Gasteiger partial charge in [0.15, 0.2) is 5.96 Å². The van der Waals surface area contributed by atoms with Crippen LogP contribution in [0.2, 0.25) is 0 Å². The molecule has 1 aromatic rings. The normalized spacial score (nSPS) is 12.4. The van der Waals surface area contributed by atoms with Gasteiger partial charge in [0.2, 0.25) is 0 Å². The molecule has 0 spiro atoms. The highest BCUT2D eigenvalue weighted by Gasteiger charge is 1.99. The molecule has 0 aromatic carbocycles. The molecule has 0 radical (unpaired) electrons. The smallest absolute Gasteiger partial charge is 0.186 e. The summed E-state index contributed by atoms with van der Waals surface area (Å²) in [5, 5.41) is 4.03. The Balaban J connectivity index is 2.47. The van der Waals surface area contributed by atoms with E-state index in [1.54, 1.807) is 10.9 Å². The summed E-state index contributed by atoms with van der Waals surface area (Å²) in [7, 11) is 0. The molecule has 1 heterocycles. The fraction of sp³-hybridized carbons (Fsp3) is 0.429. The zero-order valence-electron chi connectivity index (χ0n) is 7.01. The molecule has 0 saturated carbocycles. The van der Waals surface area contributed by atoms with E-state index in [-0.39, 0.29) is 12.0 Å². The second-order valence-corrected chi connectivity index (χ2v) is 2.63. The highest BCUT2D eigenvalue weighted by atomic mass is 15.3. The summed E-state index contributed by atoms with van der Waals surface area (Å²) in [6.07, 6.45) is 3.60. The molecule has 1 rings (SSSR count).